The van der Waals surface area contributed by atoms with E-state index in [1.807, 2.05) is 0 Å². The molecule has 0 fully saturated rings. The van der Waals surface area contributed by atoms with Crippen LogP contribution in [-0.4, -0.2) is 9.97 Å². The molecule has 3 aromatic rings. The molecule has 0 radical (unpaired) electrons. The van der Waals surface area contributed by atoms with Gasteiger partial charge in [0.05, 0.1) is 5.52 Å². The minimum atomic E-state index is -1.77. The number of pyridine rings is 2. The van der Waals surface area contributed by atoms with E-state index >= 15 is 0 Å². The van der Waals surface area contributed by atoms with Crippen LogP contribution in [0.2, 0.25) is 0 Å². The Balaban J connectivity index is 2.06. The van der Waals surface area contributed by atoms with Gasteiger partial charge in [0.15, 0.2) is 0 Å². The molecule has 2 aromatic heterocycles. The zero-order chi connectivity index (χ0) is 15.0. The molecule has 0 saturated heterocycles. The number of halogens is 4. The van der Waals surface area contributed by atoms with Gasteiger partial charge in [-0.15, -0.1) is 0 Å². The number of nitrogens with zero attached hydrogens (tertiary/aromatic N) is 2. The lowest BCUT2D eigenvalue weighted by Gasteiger charge is -2.09. The predicted molar refractivity (Wildman–Crippen MR) is 65.9 cm³/mol. The van der Waals surface area contributed by atoms with Gasteiger partial charge in [-0.2, -0.15) is 22.5 Å². The van der Waals surface area contributed by atoms with Crippen LogP contribution in [0, 0.1) is 23.5 Å². The highest BCUT2D eigenvalue weighted by atomic mass is 19.2. The summed E-state index contributed by atoms with van der Waals surface area (Å²) in [5.74, 6) is -8.10. The fourth-order valence-corrected chi connectivity index (χ4v) is 1.79. The summed E-state index contributed by atoms with van der Waals surface area (Å²) in [5, 5.41) is 0.644. The van der Waals surface area contributed by atoms with Gasteiger partial charge in [0.1, 0.15) is 5.75 Å². The summed E-state index contributed by atoms with van der Waals surface area (Å²) in [5.41, 5.74) is 0.637. The number of rotatable bonds is 2. The minimum Gasteiger partial charge on any atom is -0.451 e. The van der Waals surface area contributed by atoms with Crippen LogP contribution in [0.3, 0.4) is 0 Å². The third-order valence-corrected chi connectivity index (χ3v) is 2.75. The Hall–Kier alpha value is -2.70. The van der Waals surface area contributed by atoms with E-state index in [4.69, 9.17) is 4.74 Å². The Morgan fingerprint density at radius 1 is 0.905 bits per heavy atom. The molecule has 3 nitrogen and oxygen atoms in total. The average Bonchev–Trinajstić information content (AvgIpc) is 2.49. The van der Waals surface area contributed by atoms with Crippen LogP contribution in [0.4, 0.5) is 17.6 Å². The molecule has 0 bridgehead atoms. The maximum atomic E-state index is 13.5. The molecule has 0 saturated carbocycles. The first-order valence-electron chi connectivity index (χ1n) is 5.79. The summed E-state index contributed by atoms with van der Waals surface area (Å²) in [6.07, 6.45) is 1.58. The second-order valence-corrected chi connectivity index (χ2v) is 4.11. The second kappa shape index (κ2) is 5.01. The van der Waals surface area contributed by atoms with Crippen molar-refractivity contribution in [1.29, 1.82) is 0 Å². The lowest BCUT2D eigenvalue weighted by atomic mass is 10.2. The van der Waals surface area contributed by atoms with E-state index in [2.05, 4.69) is 9.97 Å². The zero-order valence-electron chi connectivity index (χ0n) is 10.3. The summed E-state index contributed by atoms with van der Waals surface area (Å²) in [6.45, 7) is 0. The summed E-state index contributed by atoms with van der Waals surface area (Å²) >= 11 is 0. The van der Waals surface area contributed by atoms with Crippen molar-refractivity contribution in [3.05, 3.63) is 60.1 Å². The topological polar surface area (TPSA) is 35.0 Å². The molecular formula is C14H6F4N2O. The predicted octanol–water partition coefficient (Wildman–Crippen LogP) is 3.98. The SMILES string of the molecule is Fc1nc(F)c(F)c(Oc2ccc3ncccc3c2)c1F. The fraction of sp³-hybridized carbons (Fsp3) is 0. The van der Waals surface area contributed by atoms with E-state index in [0.717, 1.165) is 0 Å². The molecule has 1 aromatic carbocycles. The van der Waals surface area contributed by atoms with Gasteiger partial charge in [0.25, 0.3) is 11.9 Å². The molecule has 0 spiro atoms. The normalized spacial score (nSPS) is 10.9. The Labute approximate surface area is 115 Å². The van der Waals surface area contributed by atoms with Gasteiger partial charge in [-0.05, 0) is 24.3 Å². The van der Waals surface area contributed by atoms with Crippen molar-refractivity contribution >= 4 is 10.9 Å². The zero-order valence-corrected chi connectivity index (χ0v) is 10.3. The van der Waals surface area contributed by atoms with Crippen LogP contribution in [0.15, 0.2) is 36.5 Å². The van der Waals surface area contributed by atoms with Crippen LogP contribution < -0.4 is 4.74 Å². The van der Waals surface area contributed by atoms with Crippen molar-refractivity contribution in [3.8, 4) is 11.5 Å². The number of aromatic nitrogens is 2. The third kappa shape index (κ3) is 2.37. The van der Waals surface area contributed by atoms with Gasteiger partial charge in [0, 0.05) is 11.6 Å². The first-order chi connectivity index (χ1) is 10.1. The molecule has 0 unspecified atom stereocenters. The summed E-state index contributed by atoms with van der Waals surface area (Å²) in [4.78, 5) is 6.51. The molecule has 0 amide bonds. The average molecular weight is 294 g/mol. The van der Waals surface area contributed by atoms with E-state index in [0.29, 0.717) is 10.9 Å². The first kappa shape index (κ1) is 13.3. The molecule has 21 heavy (non-hydrogen) atoms. The Morgan fingerprint density at radius 3 is 2.33 bits per heavy atom. The van der Waals surface area contributed by atoms with Crippen molar-refractivity contribution in [3.63, 3.8) is 0 Å². The van der Waals surface area contributed by atoms with E-state index in [1.165, 1.54) is 12.1 Å². The Kier molecular flexibility index (Phi) is 3.17. The summed E-state index contributed by atoms with van der Waals surface area (Å²) < 4.78 is 57.8. The quantitative estimate of drug-likeness (QED) is 0.529. The number of benzene rings is 1. The van der Waals surface area contributed by atoms with Crippen molar-refractivity contribution in [2.24, 2.45) is 0 Å². The van der Waals surface area contributed by atoms with Crippen molar-refractivity contribution < 1.29 is 22.3 Å². The highest BCUT2D eigenvalue weighted by Crippen LogP contribution is 2.30. The third-order valence-electron chi connectivity index (χ3n) is 2.75. The molecule has 0 N–H and O–H groups in total. The van der Waals surface area contributed by atoms with Crippen molar-refractivity contribution in [2.45, 2.75) is 0 Å². The Morgan fingerprint density at radius 2 is 1.62 bits per heavy atom. The van der Waals surface area contributed by atoms with Crippen LogP contribution in [0.25, 0.3) is 10.9 Å². The maximum Gasteiger partial charge on any atom is 0.255 e. The van der Waals surface area contributed by atoms with Crippen molar-refractivity contribution in [2.75, 3.05) is 0 Å². The number of hydrogen-bond acceptors (Lipinski definition) is 3. The molecule has 106 valence electrons. The molecule has 0 atom stereocenters. The molecule has 2 heterocycles. The van der Waals surface area contributed by atoms with Gasteiger partial charge < -0.3 is 4.74 Å². The van der Waals surface area contributed by atoms with Gasteiger partial charge >= 0.3 is 0 Å². The largest absolute Gasteiger partial charge is 0.451 e. The monoisotopic (exact) mass is 294 g/mol. The van der Waals surface area contributed by atoms with Crippen LogP contribution in [0.1, 0.15) is 0 Å². The molecule has 0 aliphatic heterocycles. The maximum absolute atomic E-state index is 13.5. The van der Waals surface area contributed by atoms with E-state index in [-0.39, 0.29) is 5.75 Å². The first-order valence-corrected chi connectivity index (χ1v) is 5.79. The van der Waals surface area contributed by atoms with Gasteiger partial charge in [-0.3, -0.25) is 4.98 Å². The van der Waals surface area contributed by atoms with E-state index in [1.54, 1.807) is 24.4 Å². The molecule has 0 aliphatic rings. The number of ether oxygens (including phenoxy) is 1. The van der Waals surface area contributed by atoms with E-state index < -0.39 is 29.3 Å². The second-order valence-electron chi connectivity index (χ2n) is 4.11. The molecule has 3 rings (SSSR count). The highest BCUT2D eigenvalue weighted by molar-refractivity contribution is 5.79. The number of hydrogen-bond donors (Lipinski definition) is 0. The molecule has 7 heteroatoms. The van der Waals surface area contributed by atoms with Crippen LogP contribution in [-0.2, 0) is 0 Å². The van der Waals surface area contributed by atoms with Crippen LogP contribution >= 0.6 is 0 Å². The van der Waals surface area contributed by atoms with Gasteiger partial charge in [0.2, 0.25) is 17.4 Å². The molecule has 0 aliphatic carbocycles. The fourth-order valence-electron chi connectivity index (χ4n) is 1.79. The Bertz CT molecular complexity index is 812. The lowest BCUT2D eigenvalue weighted by molar-refractivity contribution is 0.343. The van der Waals surface area contributed by atoms with Gasteiger partial charge in [-0.1, -0.05) is 6.07 Å². The van der Waals surface area contributed by atoms with Crippen molar-refractivity contribution in [1.82, 2.24) is 9.97 Å². The standard InChI is InChI=1S/C14H6F4N2O/c15-10-12(11(16)14(18)20-13(10)17)21-8-3-4-9-7(6-8)2-1-5-19-9/h1-6H. The van der Waals surface area contributed by atoms with E-state index in [9.17, 15) is 17.6 Å². The smallest absolute Gasteiger partial charge is 0.255 e. The van der Waals surface area contributed by atoms with Crippen LogP contribution in [0.5, 0.6) is 11.5 Å². The number of fused-ring (bicyclic) bond motifs is 1. The summed E-state index contributed by atoms with van der Waals surface area (Å²) in [6, 6.07) is 7.74. The highest BCUT2D eigenvalue weighted by Gasteiger charge is 2.22. The van der Waals surface area contributed by atoms with Gasteiger partial charge in [-0.25, -0.2) is 0 Å². The summed E-state index contributed by atoms with van der Waals surface area (Å²) in [7, 11) is 0. The molecular weight excluding hydrogens is 288 g/mol. The minimum absolute atomic E-state index is 0.0123. The lowest BCUT2D eigenvalue weighted by Crippen LogP contribution is -2.03.